The third kappa shape index (κ3) is 1.11. The summed E-state index contributed by atoms with van der Waals surface area (Å²) in [6, 6.07) is 1.34. The van der Waals surface area contributed by atoms with Crippen LogP contribution >= 0.6 is 0 Å². The molecule has 0 fully saturated rings. The highest BCUT2D eigenvalue weighted by atomic mass is 16.3. The number of rotatable bonds is 1. The zero-order valence-corrected chi connectivity index (χ0v) is 6.83. The Morgan fingerprint density at radius 1 is 1.17 bits per heavy atom. The van der Waals surface area contributed by atoms with Gasteiger partial charge in [0.2, 0.25) is 0 Å². The molecule has 12 heavy (non-hydrogen) atoms. The van der Waals surface area contributed by atoms with E-state index in [2.05, 4.69) is 0 Å². The summed E-state index contributed by atoms with van der Waals surface area (Å²) in [7, 11) is 0. The number of phenolic OH excluding ortho intramolecular Hbond substituents is 2. The molecule has 6 N–H and O–H groups in total. The Balaban J connectivity index is 3.42. The molecular formula is C8H12N2O2. The first-order valence-electron chi connectivity index (χ1n) is 3.66. The number of anilines is 2. The Labute approximate surface area is 70.4 Å². The van der Waals surface area contributed by atoms with Crippen LogP contribution in [0.4, 0.5) is 11.4 Å². The minimum absolute atomic E-state index is 0.0794. The van der Waals surface area contributed by atoms with Gasteiger partial charge in [-0.05, 0) is 12.5 Å². The van der Waals surface area contributed by atoms with Crippen molar-refractivity contribution in [3.63, 3.8) is 0 Å². The van der Waals surface area contributed by atoms with E-state index in [4.69, 9.17) is 11.5 Å². The summed E-state index contributed by atoms with van der Waals surface area (Å²) in [4.78, 5) is 0. The number of nitrogens with two attached hydrogens (primary N) is 2. The van der Waals surface area contributed by atoms with E-state index in [-0.39, 0.29) is 22.9 Å². The maximum atomic E-state index is 9.36. The quantitative estimate of drug-likeness (QED) is 0.284. The second kappa shape index (κ2) is 2.81. The van der Waals surface area contributed by atoms with E-state index in [0.29, 0.717) is 12.0 Å². The normalized spacial score (nSPS) is 10.1. The van der Waals surface area contributed by atoms with Gasteiger partial charge >= 0.3 is 0 Å². The third-order valence-corrected chi connectivity index (χ3v) is 1.78. The van der Waals surface area contributed by atoms with Crippen molar-refractivity contribution in [2.24, 2.45) is 0 Å². The number of nitrogen functional groups attached to an aromatic ring is 2. The second-order valence-electron chi connectivity index (χ2n) is 2.58. The molecule has 0 amide bonds. The molecule has 4 heteroatoms. The molecule has 66 valence electrons. The van der Waals surface area contributed by atoms with E-state index in [9.17, 15) is 10.2 Å². The minimum Gasteiger partial charge on any atom is -0.505 e. The third-order valence-electron chi connectivity index (χ3n) is 1.78. The molecule has 0 saturated carbocycles. The maximum Gasteiger partial charge on any atom is 0.145 e. The Hall–Kier alpha value is -1.58. The highest BCUT2D eigenvalue weighted by molar-refractivity contribution is 5.71. The lowest BCUT2D eigenvalue weighted by molar-refractivity contribution is 0.443. The summed E-state index contributed by atoms with van der Waals surface area (Å²) < 4.78 is 0. The molecular weight excluding hydrogens is 156 g/mol. The molecule has 0 heterocycles. The fraction of sp³-hybridized carbons (Fsp3) is 0.250. The standard InChI is InChI=1S/C8H12N2O2/c1-2-4-7(11)5(9)3-6(10)8(4)12/h3,11-12H,2,9-10H2,1H3. The summed E-state index contributed by atoms with van der Waals surface area (Å²) in [6.07, 6.45) is 0.493. The van der Waals surface area contributed by atoms with E-state index >= 15 is 0 Å². The highest BCUT2D eigenvalue weighted by Crippen LogP contribution is 2.37. The van der Waals surface area contributed by atoms with E-state index in [0.717, 1.165) is 0 Å². The summed E-state index contributed by atoms with van der Waals surface area (Å²) in [5.74, 6) is -0.159. The number of phenols is 2. The van der Waals surface area contributed by atoms with Gasteiger partial charge in [-0.15, -0.1) is 0 Å². The molecule has 0 unspecified atom stereocenters. The van der Waals surface area contributed by atoms with Crippen LogP contribution in [0.2, 0.25) is 0 Å². The maximum absolute atomic E-state index is 9.36. The van der Waals surface area contributed by atoms with E-state index < -0.39 is 0 Å². The molecule has 4 nitrogen and oxygen atoms in total. The summed E-state index contributed by atoms with van der Waals surface area (Å²) in [5, 5.41) is 18.7. The SMILES string of the molecule is CCc1c(O)c(N)cc(N)c1O. The molecule has 0 bridgehead atoms. The van der Waals surface area contributed by atoms with Crippen LogP contribution in [0.15, 0.2) is 6.07 Å². The van der Waals surface area contributed by atoms with Crippen molar-refractivity contribution >= 4 is 11.4 Å². The van der Waals surface area contributed by atoms with Crippen LogP contribution in [0, 0.1) is 0 Å². The zero-order valence-electron chi connectivity index (χ0n) is 6.83. The molecule has 1 aromatic carbocycles. The highest BCUT2D eigenvalue weighted by Gasteiger charge is 2.11. The van der Waals surface area contributed by atoms with Crippen LogP contribution in [0.25, 0.3) is 0 Å². The lowest BCUT2D eigenvalue weighted by Crippen LogP contribution is -1.95. The number of hydrogen-bond donors (Lipinski definition) is 4. The van der Waals surface area contributed by atoms with Crippen molar-refractivity contribution in [3.8, 4) is 11.5 Å². The van der Waals surface area contributed by atoms with Gasteiger partial charge in [0.05, 0.1) is 11.4 Å². The molecule has 0 aliphatic rings. The predicted molar refractivity (Wildman–Crippen MR) is 48.0 cm³/mol. The molecule has 1 rings (SSSR count). The first-order chi connectivity index (χ1) is 5.57. The number of benzene rings is 1. The van der Waals surface area contributed by atoms with Gasteiger partial charge in [-0.1, -0.05) is 6.92 Å². The zero-order chi connectivity index (χ0) is 9.30. The second-order valence-corrected chi connectivity index (χ2v) is 2.58. The smallest absolute Gasteiger partial charge is 0.145 e. The predicted octanol–water partition coefficient (Wildman–Crippen LogP) is 0.825. The van der Waals surface area contributed by atoms with Crippen molar-refractivity contribution in [2.75, 3.05) is 11.5 Å². The Morgan fingerprint density at radius 3 is 1.92 bits per heavy atom. The topological polar surface area (TPSA) is 92.5 Å². The van der Waals surface area contributed by atoms with Crippen molar-refractivity contribution in [2.45, 2.75) is 13.3 Å². The molecule has 1 aromatic rings. The van der Waals surface area contributed by atoms with Gasteiger partial charge in [-0.3, -0.25) is 0 Å². The van der Waals surface area contributed by atoms with Crippen LogP contribution in [-0.2, 0) is 6.42 Å². The first kappa shape index (κ1) is 8.52. The minimum atomic E-state index is -0.0794. The van der Waals surface area contributed by atoms with Gasteiger partial charge < -0.3 is 21.7 Å². The molecule has 0 radical (unpaired) electrons. The molecule has 0 spiro atoms. The van der Waals surface area contributed by atoms with E-state index in [1.165, 1.54) is 6.07 Å². The van der Waals surface area contributed by atoms with Crippen molar-refractivity contribution in [3.05, 3.63) is 11.6 Å². The molecule has 0 aromatic heterocycles. The van der Waals surface area contributed by atoms with Crippen LogP contribution in [0.1, 0.15) is 12.5 Å². The number of hydrogen-bond acceptors (Lipinski definition) is 4. The Bertz CT molecular complexity index is 284. The Kier molecular flexibility index (Phi) is 1.99. The van der Waals surface area contributed by atoms with Gasteiger partial charge in [0.15, 0.2) is 0 Å². The first-order valence-corrected chi connectivity index (χ1v) is 3.66. The lowest BCUT2D eigenvalue weighted by Gasteiger charge is -2.09. The average molecular weight is 168 g/mol. The Morgan fingerprint density at radius 2 is 1.58 bits per heavy atom. The summed E-state index contributed by atoms with van der Waals surface area (Å²) in [6.45, 7) is 1.80. The van der Waals surface area contributed by atoms with Crippen LogP contribution in [0.5, 0.6) is 11.5 Å². The van der Waals surface area contributed by atoms with Crippen molar-refractivity contribution in [1.29, 1.82) is 0 Å². The summed E-state index contributed by atoms with van der Waals surface area (Å²) in [5.41, 5.74) is 11.6. The molecule has 0 saturated heterocycles. The monoisotopic (exact) mass is 168 g/mol. The van der Waals surface area contributed by atoms with Crippen LogP contribution in [0.3, 0.4) is 0 Å². The van der Waals surface area contributed by atoms with E-state index in [1.807, 2.05) is 0 Å². The largest absolute Gasteiger partial charge is 0.505 e. The van der Waals surface area contributed by atoms with Gasteiger partial charge in [-0.2, -0.15) is 0 Å². The van der Waals surface area contributed by atoms with Gasteiger partial charge in [0, 0.05) is 5.56 Å². The van der Waals surface area contributed by atoms with Crippen LogP contribution in [-0.4, -0.2) is 10.2 Å². The summed E-state index contributed by atoms with van der Waals surface area (Å²) >= 11 is 0. The fourth-order valence-corrected chi connectivity index (χ4v) is 1.10. The average Bonchev–Trinajstić information content (AvgIpc) is 2.02. The van der Waals surface area contributed by atoms with Crippen LogP contribution < -0.4 is 11.5 Å². The van der Waals surface area contributed by atoms with E-state index in [1.54, 1.807) is 6.92 Å². The number of aromatic hydroxyl groups is 2. The molecule has 0 aliphatic carbocycles. The van der Waals surface area contributed by atoms with Gasteiger partial charge in [-0.25, -0.2) is 0 Å². The molecule has 0 atom stereocenters. The fourth-order valence-electron chi connectivity index (χ4n) is 1.10. The molecule has 0 aliphatic heterocycles. The van der Waals surface area contributed by atoms with Gasteiger partial charge in [0.1, 0.15) is 11.5 Å². The van der Waals surface area contributed by atoms with Crippen molar-refractivity contribution < 1.29 is 10.2 Å². The lowest BCUT2D eigenvalue weighted by atomic mass is 10.1. The van der Waals surface area contributed by atoms with Crippen molar-refractivity contribution in [1.82, 2.24) is 0 Å². The van der Waals surface area contributed by atoms with Gasteiger partial charge in [0.25, 0.3) is 0 Å².